The molecule has 0 saturated carbocycles. The molecule has 0 aliphatic carbocycles. The minimum Gasteiger partial charge on any atom is -0.490 e. The lowest BCUT2D eigenvalue weighted by Crippen LogP contribution is -2.40. The standard InChI is InChI=1S/C25H29N3O3/c1-3-30-22-11-7-8-12-23(22)31-24-16-15-21(17-26-24)18-27-25(29)28-19(2)13-14-20-9-5-4-6-10-20/h4-12,15-17,19H,3,13-14,18H2,1-2H3,(H2,27,28,29). The Morgan fingerprint density at radius 1 is 0.968 bits per heavy atom. The minimum absolute atomic E-state index is 0.0829. The first kappa shape index (κ1) is 22.2. The van der Waals surface area contributed by atoms with Crippen LogP contribution in [0.3, 0.4) is 0 Å². The zero-order valence-electron chi connectivity index (χ0n) is 18.0. The van der Waals surface area contributed by atoms with Crippen LogP contribution >= 0.6 is 0 Å². The van der Waals surface area contributed by atoms with Gasteiger partial charge in [-0.3, -0.25) is 0 Å². The van der Waals surface area contributed by atoms with Gasteiger partial charge >= 0.3 is 6.03 Å². The largest absolute Gasteiger partial charge is 0.490 e. The van der Waals surface area contributed by atoms with E-state index in [9.17, 15) is 4.79 Å². The molecule has 0 radical (unpaired) electrons. The molecule has 2 N–H and O–H groups in total. The number of benzene rings is 2. The molecule has 3 aromatic rings. The highest BCUT2D eigenvalue weighted by Gasteiger charge is 2.09. The molecule has 6 heteroatoms. The van der Waals surface area contributed by atoms with Crippen molar-refractivity contribution in [3.63, 3.8) is 0 Å². The van der Waals surface area contributed by atoms with E-state index >= 15 is 0 Å². The second-order valence-electron chi connectivity index (χ2n) is 7.24. The highest BCUT2D eigenvalue weighted by Crippen LogP contribution is 2.30. The van der Waals surface area contributed by atoms with Crippen LogP contribution in [-0.2, 0) is 13.0 Å². The predicted molar refractivity (Wildman–Crippen MR) is 122 cm³/mol. The third-order valence-electron chi connectivity index (χ3n) is 4.70. The number of hydrogen-bond donors (Lipinski definition) is 2. The zero-order chi connectivity index (χ0) is 21.9. The molecular weight excluding hydrogens is 390 g/mol. The van der Waals surface area contributed by atoms with Gasteiger partial charge in [-0.25, -0.2) is 9.78 Å². The summed E-state index contributed by atoms with van der Waals surface area (Å²) in [6, 6.07) is 21.3. The molecule has 0 aliphatic rings. The van der Waals surface area contributed by atoms with Gasteiger partial charge < -0.3 is 20.1 Å². The van der Waals surface area contributed by atoms with Crippen LogP contribution in [0.1, 0.15) is 31.4 Å². The highest BCUT2D eigenvalue weighted by molar-refractivity contribution is 5.74. The molecule has 0 aliphatic heterocycles. The van der Waals surface area contributed by atoms with Crippen molar-refractivity contribution in [3.05, 3.63) is 84.1 Å². The Hall–Kier alpha value is -3.54. The van der Waals surface area contributed by atoms with Gasteiger partial charge in [0.15, 0.2) is 11.5 Å². The molecule has 0 saturated heterocycles. The maximum Gasteiger partial charge on any atom is 0.315 e. The number of rotatable bonds is 10. The molecule has 162 valence electrons. The molecule has 6 nitrogen and oxygen atoms in total. The summed E-state index contributed by atoms with van der Waals surface area (Å²) < 4.78 is 11.4. The summed E-state index contributed by atoms with van der Waals surface area (Å²) in [4.78, 5) is 16.5. The van der Waals surface area contributed by atoms with Gasteiger partial charge in [0, 0.05) is 24.8 Å². The Bertz CT molecular complexity index is 946. The number of para-hydroxylation sites is 2. The number of nitrogens with one attached hydrogen (secondary N) is 2. The smallest absolute Gasteiger partial charge is 0.315 e. The van der Waals surface area contributed by atoms with Gasteiger partial charge in [0.25, 0.3) is 0 Å². The van der Waals surface area contributed by atoms with Crippen molar-refractivity contribution in [2.75, 3.05) is 6.61 Å². The van der Waals surface area contributed by atoms with E-state index < -0.39 is 0 Å². The summed E-state index contributed by atoms with van der Waals surface area (Å²) in [7, 11) is 0. The summed E-state index contributed by atoms with van der Waals surface area (Å²) in [6.07, 6.45) is 3.51. The second-order valence-corrected chi connectivity index (χ2v) is 7.24. The van der Waals surface area contributed by atoms with E-state index in [1.807, 2.05) is 62.4 Å². The van der Waals surface area contributed by atoms with Gasteiger partial charge in [-0.05, 0) is 49.9 Å². The third kappa shape index (κ3) is 7.33. The van der Waals surface area contributed by atoms with E-state index in [4.69, 9.17) is 9.47 Å². The van der Waals surface area contributed by atoms with E-state index in [0.717, 1.165) is 18.4 Å². The maximum absolute atomic E-state index is 12.2. The van der Waals surface area contributed by atoms with Crippen LogP contribution in [0.5, 0.6) is 17.4 Å². The van der Waals surface area contributed by atoms with Gasteiger partial charge in [-0.2, -0.15) is 0 Å². The third-order valence-corrected chi connectivity index (χ3v) is 4.70. The fraction of sp³-hybridized carbons (Fsp3) is 0.280. The highest BCUT2D eigenvalue weighted by atomic mass is 16.5. The van der Waals surface area contributed by atoms with Crippen molar-refractivity contribution in [1.82, 2.24) is 15.6 Å². The SMILES string of the molecule is CCOc1ccccc1Oc1ccc(CNC(=O)NC(C)CCc2ccccc2)cn1. The van der Waals surface area contributed by atoms with Crippen molar-refractivity contribution >= 4 is 6.03 Å². The van der Waals surface area contributed by atoms with Crippen LogP contribution in [0.4, 0.5) is 4.79 Å². The summed E-state index contributed by atoms with van der Waals surface area (Å²) in [5.41, 5.74) is 2.16. The molecule has 1 atom stereocenters. The molecule has 1 unspecified atom stereocenters. The average molecular weight is 420 g/mol. The van der Waals surface area contributed by atoms with Crippen molar-refractivity contribution in [2.24, 2.45) is 0 Å². The zero-order valence-corrected chi connectivity index (χ0v) is 18.0. The number of carbonyl (C=O) groups excluding carboxylic acids is 1. The average Bonchev–Trinajstić information content (AvgIpc) is 2.79. The quantitative estimate of drug-likeness (QED) is 0.480. The van der Waals surface area contributed by atoms with Crippen molar-refractivity contribution in [3.8, 4) is 17.4 Å². The lowest BCUT2D eigenvalue weighted by atomic mass is 10.1. The number of hydrogen-bond acceptors (Lipinski definition) is 4. The number of urea groups is 1. The monoisotopic (exact) mass is 419 g/mol. The summed E-state index contributed by atoms with van der Waals surface area (Å²) in [6.45, 7) is 4.89. The Kier molecular flexibility index (Phi) is 8.29. The van der Waals surface area contributed by atoms with Crippen molar-refractivity contribution < 1.29 is 14.3 Å². The Labute approximate surface area is 183 Å². The maximum atomic E-state index is 12.2. The molecule has 31 heavy (non-hydrogen) atoms. The molecule has 3 rings (SSSR count). The molecule has 0 bridgehead atoms. The van der Waals surface area contributed by atoms with Gasteiger partial charge in [0.1, 0.15) is 0 Å². The van der Waals surface area contributed by atoms with Crippen LogP contribution < -0.4 is 20.1 Å². The molecular formula is C25H29N3O3. The van der Waals surface area contributed by atoms with Crippen LogP contribution in [0.15, 0.2) is 72.9 Å². The van der Waals surface area contributed by atoms with Crippen molar-refractivity contribution in [1.29, 1.82) is 0 Å². The lowest BCUT2D eigenvalue weighted by molar-refractivity contribution is 0.237. The molecule has 1 heterocycles. The Morgan fingerprint density at radius 3 is 2.42 bits per heavy atom. The van der Waals surface area contributed by atoms with Crippen LogP contribution in [0, 0.1) is 0 Å². The number of amides is 2. The fourth-order valence-electron chi connectivity index (χ4n) is 3.05. The number of pyridine rings is 1. The summed E-state index contributed by atoms with van der Waals surface area (Å²) in [5.74, 6) is 1.76. The first-order valence-corrected chi connectivity index (χ1v) is 10.6. The van der Waals surface area contributed by atoms with E-state index in [2.05, 4.69) is 27.8 Å². The Balaban J connectivity index is 1.43. The number of carbonyl (C=O) groups is 1. The topological polar surface area (TPSA) is 72.5 Å². The first-order valence-electron chi connectivity index (χ1n) is 10.6. The van der Waals surface area contributed by atoms with Gasteiger partial charge in [0.05, 0.1) is 6.61 Å². The normalized spacial score (nSPS) is 11.4. The molecule has 0 fully saturated rings. The first-order chi connectivity index (χ1) is 15.1. The van der Waals surface area contributed by atoms with Crippen LogP contribution in [0.2, 0.25) is 0 Å². The van der Waals surface area contributed by atoms with E-state index in [1.165, 1.54) is 5.56 Å². The van der Waals surface area contributed by atoms with E-state index in [-0.39, 0.29) is 12.1 Å². The summed E-state index contributed by atoms with van der Waals surface area (Å²) in [5, 5.41) is 5.85. The lowest BCUT2D eigenvalue weighted by Gasteiger charge is -2.15. The second kappa shape index (κ2) is 11.6. The van der Waals surface area contributed by atoms with Crippen LogP contribution in [0.25, 0.3) is 0 Å². The predicted octanol–water partition coefficient (Wildman–Crippen LogP) is 5.09. The fourth-order valence-corrected chi connectivity index (χ4v) is 3.05. The molecule has 0 spiro atoms. The Morgan fingerprint density at radius 2 is 1.71 bits per heavy atom. The van der Waals surface area contributed by atoms with Crippen molar-refractivity contribution in [2.45, 2.75) is 39.3 Å². The molecule has 2 amide bonds. The summed E-state index contributed by atoms with van der Waals surface area (Å²) >= 11 is 0. The van der Waals surface area contributed by atoms with E-state index in [0.29, 0.717) is 30.5 Å². The number of aryl methyl sites for hydroxylation is 1. The van der Waals surface area contributed by atoms with Gasteiger partial charge in [-0.15, -0.1) is 0 Å². The van der Waals surface area contributed by atoms with E-state index in [1.54, 1.807) is 12.3 Å². The number of ether oxygens (including phenoxy) is 2. The molecule has 2 aromatic carbocycles. The number of aromatic nitrogens is 1. The number of nitrogens with zero attached hydrogens (tertiary/aromatic N) is 1. The minimum atomic E-state index is -0.188. The van der Waals surface area contributed by atoms with Gasteiger partial charge in [-0.1, -0.05) is 48.5 Å². The van der Waals surface area contributed by atoms with Gasteiger partial charge in [0.2, 0.25) is 5.88 Å². The van der Waals surface area contributed by atoms with Crippen LogP contribution in [-0.4, -0.2) is 23.7 Å². The molecule has 1 aromatic heterocycles.